The molecule has 0 radical (unpaired) electrons. The SMILES string of the molecule is COc1ccc(Cn2nc(Nc3ccc4c(C(C)=O)nsc4c3)c3ncccc32)cc1. The van der Waals surface area contributed by atoms with Gasteiger partial charge in [-0.2, -0.15) is 9.47 Å². The van der Waals surface area contributed by atoms with Gasteiger partial charge in [-0.25, -0.2) is 0 Å². The van der Waals surface area contributed by atoms with Crippen LogP contribution >= 0.6 is 11.5 Å². The van der Waals surface area contributed by atoms with E-state index in [1.807, 2.05) is 59.3 Å². The summed E-state index contributed by atoms with van der Waals surface area (Å²) in [5.74, 6) is 1.48. The third kappa shape index (κ3) is 3.62. The first-order chi connectivity index (χ1) is 15.1. The summed E-state index contributed by atoms with van der Waals surface area (Å²) in [6.07, 6.45) is 1.76. The molecular weight excluding hydrogens is 410 g/mol. The van der Waals surface area contributed by atoms with Crippen LogP contribution in [0.25, 0.3) is 21.1 Å². The lowest BCUT2D eigenvalue weighted by molar-refractivity contribution is 0.101. The van der Waals surface area contributed by atoms with Crippen molar-refractivity contribution in [3.8, 4) is 5.75 Å². The van der Waals surface area contributed by atoms with Crippen LogP contribution in [0, 0.1) is 0 Å². The average molecular weight is 430 g/mol. The molecule has 0 aliphatic carbocycles. The predicted molar refractivity (Wildman–Crippen MR) is 123 cm³/mol. The van der Waals surface area contributed by atoms with Gasteiger partial charge in [0.2, 0.25) is 0 Å². The van der Waals surface area contributed by atoms with Crippen molar-refractivity contribution in [2.75, 3.05) is 12.4 Å². The Morgan fingerprint density at radius 1 is 1.16 bits per heavy atom. The van der Waals surface area contributed by atoms with Gasteiger partial charge in [-0.1, -0.05) is 12.1 Å². The van der Waals surface area contributed by atoms with Gasteiger partial charge in [0.15, 0.2) is 11.6 Å². The van der Waals surface area contributed by atoms with E-state index in [4.69, 9.17) is 9.84 Å². The first-order valence-electron chi connectivity index (χ1n) is 9.74. The fourth-order valence-corrected chi connectivity index (χ4v) is 4.38. The second-order valence-electron chi connectivity index (χ2n) is 7.15. The molecular formula is C23H19N5O2S. The van der Waals surface area contributed by atoms with Crippen molar-refractivity contribution in [2.45, 2.75) is 13.5 Å². The molecule has 0 aliphatic rings. The lowest BCUT2D eigenvalue weighted by atomic mass is 10.1. The van der Waals surface area contributed by atoms with E-state index in [0.717, 1.165) is 38.1 Å². The Balaban J connectivity index is 1.48. The van der Waals surface area contributed by atoms with Crippen molar-refractivity contribution in [3.63, 3.8) is 0 Å². The fourth-order valence-electron chi connectivity index (χ4n) is 3.52. The zero-order chi connectivity index (χ0) is 21.4. The Bertz CT molecular complexity index is 1410. The van der Waals surface area contributed by atoms with E-state index in [0.29, 0.717) is 18.1 Å². The number of carbonyl (C=O) groups excluding carboxylic acids is 1. The lowest BCUT2D eigenvalue weighted by Crippen LogP contribution is -2.02. The number of hydrogen-bond donors (Lipinski definition) is 1. The van der Waals surface area contributed by atoms with Gasteiger partial charge in [0.05, 0.1) is 23.9 Å². The summed E-state index contributed by atoms with van der Waals surface area (Å²) in [5.41, 5.74) is 4.24. The van der Waals surface area contributed by atoms with Gasteiger partial charge in [-0.05, 0) is 59.6 Å². The molecule has 3 aromatic heterocycles. The van der Waals surface area contributed by atoms with Crippen LogP contribution in [0.15, 0.2) is 60.8 Å². The topological polar surface area (TPSA) is 81.9 Å². The summed E-state index contributed by atoms with van der Waals surface area (Å²) in [7, 11) is 1.66. The molecule has 0 atom stereocenters. The minimum atomic E-state index is -0.0283. The standard InChI is InChI=1S/C23H19N5O2S/c1-14(29)21-18-10-7-16(12-20(18)31-27-21)25-23-22-19(4-3-11-24-22)28(26-23)13-15-5-8-17(30-2)9-6-15/h3-12H,13H2,1-2H3,(H,25,26). The molecule has 3 heterocycles. The molecule has 7 nitrogen and oxygen atoms in total. The second kappa shape index (κ2) is 7.81. The molecule has 1 N–H and O–H groups in total. The largest absolute Gasteiger partial charge is 0.497 e. The molecule has 0 fully saturated rings. The van der Waals surface area contributed by atoms with Gasteiger partial charge in [0, 0.05) is 24.2 Å². The van der Waals surface area contributed by atoms with Crippen LogP contribution in [-0.2, 0) is 6.54 Å². The smallest absolute Gasteiger partial charge is 0.179 e. The molecule has 5 aromatic rings. The highest BCUT2D eigenvalue weighted by Crippen LogP contribution is 2.30. The first kappa shape index (κ1) is 19.2. The van der Waals surface area contributed by atoms with Crippen LogP contribution < -0.4 is 10.1 Å². The van der Waals surface area contributed by atoms with Gasteiger partial charge < -0.3 is 10.1 Å². The van der Waals surface area contributed by atoms with Crippen molar-refractivity contribution in [2.24, 2.45) is 0 Å². The second-order valence-corrected chi connectivity index (χ2v) is 7.95. The molecule has 0 amide bonds. The number of carbonyl (C=O) groups is 1. The van der Waals surface area contributed by atoms with E-state index < -0.39 is 0 Å². The van der Waals surface area contributed by atoms with Gasteiger partial charge in [-0.3, -0.25) is 14.5 Å². The molecule has 0 saturated carbocycles. The summed E-state index contributed by atoms with van der Waals surface area (Å²) in [5, 5.41) is 9.03. The fraction of sp³-hybridized carbons (Fsp3) is 0.130. The molecule has 2 aromatic carbocycles. The number of rotatable bonds is 6. The number of anilines is 2. The third-order valence-electron chi connectivity index (χ3n) is 5.07. The summed E-state index contributed by atoms with van der Waals surface area (Å²) >= 11 is 1.32. The minimum absolute atomic E-state index is 0.0283. The molecule has 0 saturated heterocycles. The van der Waals surface area contributed by atoms with Gasteiger partial charge in [-0.15, -0.1) is 0 Å². The number of benzene rings is 2. The molecule has 0 unspecified atom stereocenters. The summed E-state index contributed by atoms with van der Waals surface area (Å²) in [6, 6.07) is 17.7. The van der Waals surface area contributed by atoms with Crippen LogP contribution in [0.5, 0.6) is 5.75 Å². The molecule has 5 rings (SSSR count). The van der Waals surface area contributed by atoms with Crippen LogP contribution in [0.1, 0.15) is 23.0 Å². The monoisotopic (exact) mass is 429 g/mol. The average Bonchev–Trinajstić information content (AvgIpc) is 3.36. The summed E-state index contributed by atoms with van der Waals surface area (Å²) in [4.78, 5) is 16.3. The lowest BCUT2D eigenvalue weighted by Gasteiger charge is -2.05. The van der Waals surface area contributed by atoms with E-state index >= 15 is 0 Å². The quantitative estimate of drug-likeness (QED) is 0.381. The Hall–Kier alpha value is -3.78. The number of pyridine rings is 1. The van der Waals surface area contributed by atoms with Gasteiger partial charge in [0.1, 0.15) is 17.0 Å². The van der Waals surface area contributed by atoms with E-state index in [2.05, 4.69) is 14.7 Å². The van der Waals surface area contributed by atoms with E-state index in [9.17, 15) is 4.79 Å². The van der Waals surface area contributed by atoms with E-state index in [1.165, 1.54) is 18.5 Å². The van der Waals surface area contributed by atoms with Crippen molar-refractivity contribution in [3.05, 3.63) is 72.1 Å². The zero-order valence-corrected chi connectivity index (χ0v) is 17.8. The number of Topliss-reactive ketones (excluding diaryl/α,β-unsaturated/α-hetero) is 1. The van der Waals surface area contributed by atoms with E-state index in [1.54, 1.807) is 13.3 Å². The number of ketones is 1. The highest BCUT2D eigenvalue weighted by atomic mass is 32.1. The number of nitrogens with zero attached hydrogens (tertiary/aromatic N) is 4. The van der Waals surface area contributed by atoms with Crippen LogP contribution in [0.2, 0.25) is 0 Å². The first-order valence-corrected chi connectivity index (χ1v) is 10.5. The predicted octanol–water partition coefficient (Wildman–Crippen LogP) is 5.04. The van der Waals surface area contributed by atoms with Gasteiger partial charge in [0.25, 0.3) is 0 Å². The van der Waals surface area contributed by atoms with Crippen molar-refractivity contribution in [1.29, 1.82) is 0 Å². The summed E-state index contributed by atoms with van der Waals surface area (Å²) in [6.45, 7) is 2.15. The maximum Gasteiger partial charge on any atom is 0.179 e. The molecule has 0 spiro atoms. The Morgan fingerprint density at radius 3 is 2.77 bits per heavy atom. The number of ether oxygens (including phenoxy) is 1. The van der Waals surface area contributed by atoms with Crippen molar-refractivity contribution >= 4 is 49.9 Å². The Kier molecular flexibility index (Phi) is 4.83. The number of methoxy groups -OCH3 is 1. The zero-order valence-electron chi connectivity index (χ0n) is 17.0. The van der Waals surface area contributed by atoms with Crippen LogP contribution in [0.3, 0.4) is 0 Å². The number of hydrogen-bond acceptors (Lipinski definition) is 7. The normalized spacial score (nSPS) is 11.2. The number of aromatic nitrogens is 4. The Morgan fingerprint density at radius 2 is 2.00 bits per heavy atom. The highest BCUT2D eigenvalue weighted by molar-refractivity contribution is 7.13. The summed E-state index contributed by atoms with van der Waals surface area (Å²) < 4.78 is 12.4. The third-order valence-corrected chi connectivity index (χ3v) is 5.88. The van der Waals surface area contributed by atoms with Crippen LogP contribution in [0.4, 0.5) is 11.5 Å². The highest BCUT2D eigenvalue weighted by Gasteiger charge is 2.14. The molecule has 8 heteroatoms. The number of fused-ring (bicyclic) bond motifs is 2. The minimum Gasteiger partial charge on any atom is -0.497 e. The van der Waals surface area contributed by atoms with Gasteiger partial charge >= 0.3 is 0 Å². The molecule has 0 bridgehead atoms. The van der Waals surface area contributed by atoms with E-state index in [-0.39, 0.29) is 5.78 Å². The maximum absolute atomic E-state index is 11.7. The maximum atomic E-state index is 11.7. The Labute approximate surface area is 182 Å². The number of nitrogens with one attached hydrogen (secondary N) is 1. The van der Waals surface area contributed by atoms with Crippen LogP contribution in [-0.4, -0.2) is 32.0 Å². The molecule has 0 aliphatic heterocycles. The van der Waals surface area contributed by atoms with Crippen molar-refractivity contribution < 1.29 is 9.53 Å². The molecule has 31 heavy (non-hydrogen) atoms. The van der Waals surface area contributed by atoms with Crippen molar-refractivity contribution in [1.82, 2.24) is 19.1 Å². The molecule has 154 valence electrons.